The fraction of sp³-hybridized carbons (Fsp3) is 0.600. The highest BCUT2D eigenvalue weighted by atomic mass is 19.1. The lowest BCUT2D eigenvalue weighted by Gasteiger charge is -2.41. The average Bonchev–Trinajstić information content (AvgIpc) is 2.23. The number of benzene rings is 1. The summed E-state index contributed by atoms with van der Waals surface area (Å²) in [7, 11) is 0. The minimum absolute atomic E-state index is 0.00996. The molecular weight excluding hydrogens is 229 g/mol. The Morgan fingerprint density at radius 1 is 1.28 bits per heavy atom. The van der Waals surface area contributed by atoms with Gasteiger partial charge in [0, 0.05) is 25.2 Å². The summed E-state index contributed by atoms with van der Waals surface area (Å²) in [5, 5.41) is 9.43. The molecule has 100 valence electrons. The first-order valence-corrected chi connectivity index (χ1v) is 6.68. The Hall–Kier alpha value is -1.09. The molecule has 1 aliphatic heterocycles. The predicted octanol–water partition coefficient (Wildman–Crippen LogP) is 3.40. The van der Waals surface area contributed by atoms with Crippen LogP contribution in [0.25, 0.3) is 0 Å². The van der Waals surface area contributed by atoms with E-state index in [9.17, 15) is 9.50 Å². The van der Waals surface area contributed by atoms with Crippen molar-refractivity contribution in [2.75, 3.05) is 6.54 Å². The van der Waals surface area contributed by atoms with Gasteiger partial charge in [-0.15, -0.1) is 0 Å². The summed E-state index contributed by atoms with van der Waals surface area (Å²) in [4.78, 5) is 2.38. The van der Waals surface area contributed by atoms with E-state index in [1.165, 1.54) is 12.5 Å². The van der Waals surface area contributed by atoms with Crippen molar-refractivity contribution in [2.24, 2.45) is 11.8 Å². The number of halogens is 1. The fourth-order valence-corrected chi connectivity index (χ4v) is 3.00. The van der Waals surface area contributed by atoms with Crippen molar-refractivity contribution in [3.05, 3.63) is 29.6 Å². The zero-order valence-electron chi connectivity index (χ0n) is 11.4. The van der Waals surface area contributed by atoms with Crippen LogP contribution in [0.3, 0.4) is 0 Å². The molecule has 18 heavy (non-hydrogen) atoms. The lowest BCUT2D eigenvalue weighted by Crippen LogP contribution is -2.45. The molecule has 3 atom stereocenters. The van der Waals surface area contributed by atoms with E-state index in [-0.39, 0.29) is 11.6 Å². The smallest absolute Gasteiger partial charge is 0.127 e. The van der Waals surface area contributed by atoms with E-state index in [2.05, 4.69) is 25.7 Å². The van der Waals surface area contributed by atoms with Crippen molar-refractivity contribution in [3.8, 4) is 5.75 Å². The van der Waals surface area contributed by atoms with Gasteiger partial charge in [0.1, 0.15) is 11.6 Å². The Morgan fingerprint density at radius 3 is 2.67 bits per heavy atom. The average molecular weight is 251 g/mol. The van der Waals surface area contributed by atoms with Crippen LogP contribution in [0.1, 0.15) is 32.8 Å². The molecular formula is C15H22FNO. The second kappa shape index (κ2) is 5.27. The number of hydrogen-bond donors (Lipinski definition) is 1. The van der Waals surface area contributed by atoms with Gasteiger partial charge in [-0.25, -0.2) is 4.39 Å². The SMILES string of the molecule is CC1CC(C)C(C)N(Cc2cc(O)cc(F)c2)C1. The van der Waals surface area contributed by atoms with E-state index in [0.717, 1.165) is 18.2 Å². The molecule has 0 radical (unpaired) electrons. The van der Waals surface area contributed by atoms with Gasteiger partial charge in [0.25, 0.3) is 0 Å². The van der Waals surface area contributed by atoms with Crippen LogP contribution in [-0.2, 0) is 6.54 Å². The molecule has 2 nitrogen and oxygen atoms in total. The van der Waals surface area contributed by atoms with Crippen LogP contribution in [0.15, 0.2) is 18.2 Å². The Kier molecular flexibility index (Phi) is 3.91. The minimum Gasteiger partial charge on any atom is -0.508 e. The third-order valence-corrected chi connectivity index (χ3v) is 4.05. The first-order chi connectivity index (χ1) is 8.45. The number of hydrogen-bond acceptors (Lipinski definition) is 2. The molecule has 2 rings (SSSR count). The molecule has 1 heterocycles. The number of phenolic OH excluding ortho intramolecular Hbond substituents is 1. The third-order valence-electron chi connectivity index (χ3n) is 4.05. The molecule has 1 aromatic carbocycles. The molecule has 1 saturated heterocycles. The molecule has 1 fully saturated rings. The number of piperidine rings is 1. The van der Waals surface area contributed by atoms with Crippen LogP contribution in [0.4, 0.5) is 4.39 Å². The van der Waals surface area contributed by atoms with E-state index < -0.39 is 0 Å². The largest absolute Gasteiger partial charge is 0.508 e. The molecule has 0 amide bonds. The molecule has 0 bridgehead atoms. The molecule has 1 aliphatic rings. The van der Waals surface area contributed by atoms with Crippen LogP contribution in [0.5, 0.6) is 5.75 Å². The normalized spacial score (nSPS) is 29.4. The number of rotatable bonds is 2. The van der Waals surface area contributed by atoms with Crippen molar-refractivity contribution < 1.29 is 9.50 Å². The molecule has 0 aliphatic carbocycles. The molecule has 0 saturated carbocycles. The van der Waals surface area contributed by atoms with Gasteiger partial charge in [0.05, 0.1) is 0 Å². The van der Waals surface area contributed by atoms with Gasteiger partial charge in [-0.05, 0) is 42.9 Å². The second-order valence-corrected chi connectivity index (χ2v) is 5.81. The van der Waals surface area contributed by atoms with Gasteiger partial charge in [-0.3, -0.25) is 4.90 Å². The van der Waals surface area contributed by atoms with Crippen molar-refractivity contribution in [3.63, 3.8) is 0 Å². The molecule has 0 aromatic heterocycles. The monoisotopic (exact) mass is 251 g/mol. The summed E-state index contributed by atoms with van der Waals surface area (Å²) >= 11 is 0. The van der Waals surface area contributed by atoms with Crippen LogP contribution < -0.4 is 0 Å². The summed E-state index contributed by atoms with van der Waals surface area (Å²) in [6, 6.07) is 4.82. The highest BCUT2D eigenvalue weighted by Gasteiger charge is 2.28. The number of likely N-dealkylation sites (tertiary alicyclic amines) is 1. The number of nitrogens with zero attached hydrogens (tertiary/aromatic N) is 1. The topological polar surface area (TPSA) is 23.5 Å². The van der Waals surface area contributed by atoms with Gasteiger partial charge in [-0.1, -0.05) is 13.8 Å². The fourth-order valence-electron chi connectivity index (χ4n) is 3.00. The van der Waals surface area contributed by atoms with Gasteiger partial charge >= 0.3 is 0 Å². The number of phenols is 1. The molecule has 1 aromatic rings. The summed E-state index contributed by atoms with van der Waals surface area (Å²) < 4.78 is 13.3. The van der Waals surface area contributed by atoms with Crippen LogP contribution >= 0.6 is 0 Å². The van der Waals surface area contributed by atoms with Crippen molar-refractivity contribution in [2.45, 2.75) is 39.8 Å². The van der Waals surface area contributed by atoms with Gasteiger partial charge in [-0.2, -0.15) is 0 Å². The second-order valence-electron chi connectivity index (χ2n) is 5.81. The number of aromatic hydroxyl groups is 1. The van der Waals surface area contributed by atoms with Crippen LogP contribution in [0, 0.1) is 17.7 Å². The summed E-state index contributed by atoms with van der Waals surface area (Å²) in [5.41, 5.74) is 0.848. The Balaban J connectivity index is 2.12. The molecule has 1 N–H and O–H groups in total. The van der Waals surface area contributed by atoms with Crippen molar-refractivity contribution in [1.29, 1.82) is 0 Å². The highest BCUT2D eigenvalue weighted by Crippen LogP contribution is 2.28. The van der Waals surface area contributed by atoms with Crippen LogP contribution in [-0.4, -0.2) is 22.6 Å². The lowest BCUT2D eigenvalue weighted by atomic mass is 9.86. The first kappa shape index (κ1) is 13.3. The molecule has 0 spiro atoms. The third kappa shape index (κ3) is 3.02. The standard InChI is InChI=1S/C15H22FNO/c1-10-4-11(2)12(3)17(8-10)9-13-5-14(16)7-15(18)6-13/h5-7,10-12,18H,4,8-9H2,1-3H3. The first-order valence-electron chi connectivity index (χ1n) is 6.68. The summed E-state index contributed by atoms with van der Waals surface area (Å²) in [5.74, 6) is 0.987. The lowest BCUT2D eigenvalue weighted by molar-refractivity contribution is 0.0728. The zero-order chi connectivity index (χ0) is 13.3. The van der Waals surface area contributed by atoms with E-state index in [1.807, 2.05) is 0 Å². The van der Waals surface area contributed by atoms with E-state index in [4.69, 9.17) is 0 Å². The zero-order valence-corrected chi connectivity index (χ0v) is 11.4. The van der Waals surface area contributed by atoms with Crippen molar-refractivity contribution in [1.82, 2.24) is 4.90 Å². The predicted molar refractivity (Wildman–Crippen MR) is 70.9 cm³/mol. The summed E-state index contributed by atoms with van der Waals surface area (Å²) in [6.45, 7) is 8.52. The molecule has 3 unspecified atom stereocenters. The van der Waals surface area contributed by atoms with Crippen LogP contribution in [0.2, 0.25) is 0 Å². The van der Waals surface area contributed by atoms with Gasteiger partial charge in [0.2, 0.25) is 0 Å². The Bertz CT molecular complexity index is 401. The quantitative estimate of drug-likeness (QED) is 0.870. The van der Waals surface area contributed by atoms with E-state index >= 15 is 0 Å². The highest BCUT2D eigenvalue weighted by molar-refractivity contribution is 5.28. The maximum absolute atomic E-state index is 13.3. The summed E-state index contributed by atoms with van der Waals surface area (Å²) in [6.07, 6.45) is 1.26. The maximum atomic E-state index is 13.3. The molecule has 3 heteroatoms. The Labute approximate surface area is 108 Å². The van der Waals surface area contributed by atoms with Gasteiger partial charge < -0.3 is 5.11 Å². The van der Waals surface area contributed by atoms with Crippen molar-refractivity contribution >= 4 is 0 Å². The minimum atomic E-state index is -0.365. The van der Waals surface area contributed by atoms with E-state index in [0.29, 0.717) is 24.4 Å². The van der Waals surface area contributed by atoms with Gasteiger partial charge in [0.15, 0.2) is 0 Å². The Morgan fingerprint density at radius 2 is 2.00 bits per heavy atom. The van der Waals surface area contributed by atoms with E-state index in [1.54, 1.807) is 6.07 Å². The maximum Gasteiger partial charge on any atom is 0.127 e.